The Morgan fingerprint density at radius 1 is 1.18 bits per heavy atom. The van der Waals surface area contributed by atoms with Gasteiger partial charge in [-0.2, -0.15) is 17.6 Å². The topological polar surface area (TPSA) is 41.6 Å². The number of nitrogens with one attached hydrogen (secondary N) is 1. The molecule has 1 fully saturated rings. The zero-order valence-corrected chi connectivity index (χ0v) is 15.3. The molecular formula is C19H14F4N2O2S. The lowest BCUT2D eigenvalue weighted by molar-refractivity contribution is -0.253. The molecule has 1 N–H and O–H groups in total. The highest BCUT2D eigenvalue weighted by Crippen LogP contribution is 2.29. The van der Waals surface area contributed by atoms with E-state index >= 15 is 0 Å². The standard InChI is InChI=1S/C19H14F4N2O2S/c1-11-5-2-3-8-15(11)25-16(26)14(24-18(25)28)10-12-6-4-7-13(9-12)27-19(22,23)17(20)21/h2-10,17H,1H3,(H,24,28)/b14-10+. The monoisotopic (exact) mass is 410 g/mol. The fraction of sp³-hybridized carbons (Fsp3) is 0.158. The summed E-state index contributed by atoms with van der Waals surface area (Å²) in [6.45, 7) is 1.83. The van der Waals surface area contributed by atoms with E-state index in [-0.39, 0.29) is 10.8 Å². The average Bonchev–Trinajstić information content (AvgIpc) is 2.89. The van der Waals surface area contributed by atoms with Crippen molar-refractivity contribution in [2.75, 3.05) is 4.90 Å². The van der Waals surface area contributed by atoms with Gasteiger partial charge in [-0.15, -0.1) is 0 Å². The number of para-hydroxylation sites is 1. The summed E-state index contributed by atoms with van der Waals surface area (Å²) < 4.78 is 54.8. The van der Waals surface area contributed by atoms with Gasteiger partial charge in [-0.3, -0.25) is 9.69 Å². The third-order valence-electron chi connectivity index (χ3n) is 3.91. The number of benzene rings is 2. The number of ether oxygens (including phenoxy) is 1. The normalized spacial score (nSPS) is 16.1. The summed E-state index contributed by atoms with van der Waals surface area (Å²) in [5, 5.41) is 2.94. The molecule has 1 aliphatic heterocycles. The molecule has 146 valence electrons. The van der Waals surface area contributed by atoms with Crippen molar-refractivity contribution in [3.8, 4) is 5.75 Å². The summed E-state index contributed by atoms with van der Waals surface area (Å²) in [5.74, 6) is -0.882. The second kappa shape index (κ2) is 7.59. The molecule has 1 amide bonds. The van der Waals surface area contributed by atoms with E-state index in [4.69, 9.17) is 12.2 Å². The number of alkyl halides is 4. The Labute approximate surface area is 163 Å². The molecule has 2 aromatic rings. The third-order valence-corrected chi connectivity index (χ3v) is 4.20. The van der Waals surface area contributed by atoms with Gasteiger partial charge in [-0.1, -0.05) is 30.3 Å². The van der Waals surface area contributed by atoms with Crippen LogP contribution in [0.25, 0.3) is 6.08 Å². The number of carbonyl (C=O) groups is 1. The minimum Gasteiger partial charge on any atom is -0.428 e. The summed E-state index contributed by atoms with van der Waals surface area (Å²) in [5.41, 5.74) is 1.87. The smallest absolute Gasteiger partial charge is 0.428 e. The number of hydrogen-bond donors (Lipinski definition) is 1. The molecule has 3 rings (SSSR count). The number of halogens is 4. The highest BCUT2D eigenvalue weighted by atomic mass is 32.1. The Morgan fingerprint density at radius 2 is 1.89 bits per heavy atom. The van der Waals surface area contributed by atoms with Crippen LogP contribution < -0.4 is 15.0 Å². The Bertz CT molecular complexity index is 962. The van der Waals surface area contributed by atoms with E-state index in [1.807, 2.05) is 19.1 Å². The molecule has 1 heterocycles. The largest absolute Gasteiger partial charge is 0.461 e. The van der Waals surface area contributed by atoms with Gasteiger partial charge in [0.1, 0.15) is 11.4 Å². The molecule has 4 nitrogen and oxygen atoms in total. The summed E-state index contributed by atoms with van der Waals surface area (Å²) in [6, 6.07) is 12.3. The third kappa shape index (κ3) is 3.99. The van der Waals surface area contributed by atoms with Crippen molar-refractivity contribution in [1.82, 2.24) is 5.32 Å². The van der Waals surface area contributed by atoms with E-state index in [0.717, 1.165) is 17.7 Å². The van der Waals surface area contributed by atoms with Crippen LogP contribution in [0.15, 0.2) is 54.2 Å². The van der Waals surface area contributed by atoms with E-state index in [1.165, 1.54) is 23.1 Å². The van der Waals surface area contributed by atoms with Gasteiger partial charge in [0.15, 0.2) is 5.11 Å². The van der Waals surface area contributed by atoms with Gasteiger partial charge in [0.2, 0.25) is 0 Å². The number of thiocarbonyl (C=S) groups is 1. The van der Waals surface area contributed by atoms with E-state index in [2.05, 4.69) is 10.1 Å². The van der Waals surface area contributed by atoms with Crippen molar-refractivity contribution in [2.24, 2.45) is 0 Å². The Hall–Kier alpha value is -2.94. The van der Waals surface area contributed by atoms with Crippen LogP contribution in [0.2, 0.25) is 0 Å². The van der Waals surface area contributed by atoms with Crippen molar-refractivity contribution < 1.29 is 27.1 Å². The predicted molar refractivity (Wildman–Crippen MR) is 100 cm³/mol. The molecule has 2 aromatic carbocycles. The molecule has 0 atom stereocenters. The van der Waals surface area contributed by atoms with Crippen molar-refractivity contribution in [2.45, 2.75) is 19.5 Å². The Morgan fingerprint density at radius 3 is 2.57 bits per heavy atom. The van der Waals surface area contributed by atoms with Crippen LogP contribution in [0, 0.1) is 6.92 Å². The molecule has 0 unspecified atom stereocenters. The van der Waals surface area contributed by atoms with E-state index in [1.54, 1.807) is 12.1 Å². The van der Waals surface area contributed by atoms with Crippen molar-refractivity contribution in [3.63, 3.8) is 0 Å². The number of carbonyl (C=O) groups excluding carboxylic acids is 1. The van der Waals surface area contributed by atoms with Crippen molar-refractivity contribution in [1.29, 1.82) is 0 Å². The molecule has 9 heteroatoms. The molecule has 1 aliphatic rings. The molecule has 28 heavy (non-hydrogen) atoms. The first kappa shape index (κ1) is 19.8. The van der Waals surface area contributed by atoms with E-state index < -0.39 is 24.2 Å². The number of nitrogens with zero attached hydrogens (tertiary/aromatic N) is 1. The molecular weight excluding hydrogens is 396 g/mol. The Kier molecular flexibility index (Phi) is 5.37. The van der Waals surface area contributed by atoms with Crippen molar-refractivity contribution >= 4 is 35.0 Å². The number of amides is 1. The van der Waals surface area contributed by atoms with Crippen LogP contribution in [0.1, 0.15) is 11.1 Å². The van der Waals surface area contributed by atoms with Gasteiger partial charge in [0.05, 0.1) is 5.69 Å². The highest BCUT2D eigenvalue weighted by molar-refractivity contribution is 7.80. The van der Waals surface area contributed by atoms with Crippen LogP contribution in [-0.4, -0.2) is 23.6 Å². The average molecular weight is 410 g/mol. The summed E-state index contributed by atoms with van der Waals surface area (Å²) in [6.07, 6.45) is -7.20. The minimum atomic E-state index is -4.61. The molecule has 0 aliphatic carbocycles. The van der Waals surface area contributed by atoms with Crippen LogP contribution in [-0.2, 0) is 4.79 Å². The SMILES string of the molecule is Cc1ccccc1N1C(=O)/C(=C\c2cccc(OC(F)(F)C(F)F)c2)NC1=S. The zero-order chi connectivity index (χ0) is 20.5. The predicted octanol–water partition coefficient (Wildman–Crippen LogP) is 4.49. The summed E-state index contributed by atoms with van der Waals surface area (Å²) in [4.78, 5) is 14.1. The van der Waals surface area contributed by atoms with Crippen LogP contribution >= 0.6 is 12.2 Å². The van der Waals surface area contributed by atoms with Gasteiger partial charge in [0.25, 0.3) is 5.91 Å². The maximum atomic E-state index is 13.1. The van der Waals surface area contributed by atoms with Crippen molar-refractivity contribution in [3.05, 3.63) is 65.4 Å². The van der Waals surface area contributed by atoms with E-state index in [0.29, 0.717) is 11.3 Å². The first-order chi connectivity index (χ1) is 13.2. The maximum Gasteiger partial charge on any atom is 0.461 e. The second-order valence-electron chi connectivity index (χ2n) is 5.95. The maximum absolute atomic E-state index is 13.1. The van der Waals surface area contributed by atoms with Gasteiger partial charge >= 0.3 is 12.5 Å². The first-order valence-electron chi connectivity index (χ1n) is 8.07. The number of rotatable bonds is 5. The lowest BCUT2D eigenvalue weighted by Crippen LogP contribution is -2.33. The van der Waals surface area contributed by atoms with Crippen LogP contribution in [0.5, 0.6) is 5.75 Å². The zero-order valence-electron chi connectivity index (χ0n) is 14.5. The molecule has 0 bridgehead atoms. The van der Waals surface area contributed by atoms with Crippen LogP contribution in [0.4, 0.5) is 23.2 Å². The van der Waals surface area contributed by atoms with E-state index in [9.17, 15) is 22.4 Å². The molecule has 0 spiro atoms. The van der Waals surface area contributed by atoms with Gasteiger partial charge in [0, 0.05) is 0 Å². The van der Waals surface area contributed by atoms with Gasteiger partial charge in [-0.05, 0) is 54.5 Å². The summed E-state index contributed by atoms with van der Waals surface area (Å²) in [7, 11) is 0. The second-order valence-corrected chi connectivity index (χ2v) is 6.34. The van der Waals surface area contributed by atoms with Gasteiger partial charge < -0.3 is 10.1 Å². The fourth-order valence-corrected chi connectivity index (χ4v) is 2.90. The highest BCUT2D eigenvalue weighted by Gasteiger charge is 2.44. The molecule has 1 saturated heterocycles. The molecule has 0 aromatic heterocycles. The molecule has 0 saturated carbocycles. The number of aryl methyl sites for hydroxylation is 1. The number of hydrogen-bond acceptors (Lipinski definition) is 3. The number of anilines is 1. The lowest BCUT2D eigenvalue weighted by atomic mass is 10.1. The first-order valence-corrected chi connectivity index (χ1v) is 8.47. The summed E-state index contributed by atoms with van der Waals surface area (Å²) >= 11 is 5.22. The molecule has 0 radical (unpaired) electrons. The fourth-order valence-electron chi connectivity index (χ4n) is 2.60. The van der Waals surface area contributed by atoms with Gasteiger partial charge in [-0.25, -0.2) is 0 Å². The van der Waals surface area contributed by atoms with Crippen LogP contribution in [0.3, 0.4) is 0 Å². The Balaban J connectivity index is 1.87. The quantitative estimate of drug-likeness (QED) is 0.448. The lowest BCUT2D eigenvalue weighted by Gasteiger charge is -2.17. The minimum absolute atomic E-state index is 0.117.